The molecule has 0 radical (unpaired) electrons. The van der Waals surface area contributed by atoms with Crippen molar-refractivity contribution < 1.29 is 9.63 Å². The van der Waals surface area contributed by atoms with Gasteiger partial charge in [-0.15, -0.1) is 5.10 Å². The van der Waals surface area contributed by atoms with E-state index in [4.69, 9.17) is 4.84 Å². The molecule has 0 spiro atoms. The quantitative estimate of drug-likeness (QED) is 0.799. The van der Waals surface area contributed by atoms with Crippen LogP contribution in [0.5, 0.6) is 0 Å². The Morgan fingerprint density at radius 2 is 2.28 bits per heavy atom. The molecular formula is C11H17N5O2. The third kappa shape index (κ3) is 2.23. The number of amides is 1. The van der Waals surface area contributed by atoms with E-state index in [0.29, 0.717) is 24.9 Å². The fourth-order valence-electron chi connectivity index (χ4n) is 2.36. The lowest BCUT2D eigenvalue weighted by Gasteiger charge is -2.22. The molecule has 2 aliphatic heterocycles. The first-order chi connectivity index (χ1) is 8.84. The second-order valence-corrected chi connectivity index (χ2v) is 4.66. The minimum Gasteiger partial charge on any atom is -0.317 e. The van der Waals surface area contributed by atoms with E-state index >= 15 is 0 Å². The lowest BCUT2D eigenvalue weighted by molar-refractivity contribution is -0.0771. The highest BCUT2D eigenvalue weighted by atomic mass is 16.7. The molecule has 0 atom stereocenters. The van der Waals surface area contributed by atoms with Gasteiger partial charge in [0.25, 0.3) is 5.91 Å². The molecule has 0 saturated carbocycles. The van der Waals surface area contributed by atoms with Crippen LogP contribution < -0.4 is 5.32 Å². The second-order valence-electron chi connectivity index (χ2n) is 4.66. The molecule has 2 fully saturated rings. The summed E-state index contributed by atoms with van der Waals surface area (Å²) in [6.07, 6.45) is 4.67. The SMILES string of the molecule is O=C(c1cn(C2CCNCC2)nn1)N1CCCO1. The number of hydroxylamine groups is 2. The predicted octanol–water partition coefficient (Wildman–Crippen LogP) is -0.0199. The van der Waals surface area contributed by atoms with Crippen LogP contribution in [0.4, 0.5) is 0 Å². The maximum absolute atomic E-state index is 12.0. The van der Waals surface area contributed by atoms with Crippen molar-refractivity contribution in [1.82, 2.24) is 25.4 Å². The van der Waals surface area contributed by atoms with Crippen LogP contribution in [0.25, 0.3) is 0 Å². The van der Waals surface area contributed by atoms with Crippen LogP contribution in [0.2, 0.25) is 0 Å². The fraction of sp³-hybridized carbons (Fsp3) is 0.727. The Bertz CT molecular complexity index is 421. The summed E-state index contributed by atoms with van der Waals surface area (Å²) in [5, 5.41) is 12.7. The first-order valence-electron chi connectivity index (χ1n) is 6.42. The van der Waals surface area contributed by atoms with E-state index in [1.165, 1.54) is 5.06 Å². The van der Waals surface area contributed by atoms with Gasteiger partial charge in [-0.1, -0.05) is 5.21 Å². The second kappa shape index (κ2) is 5.03. The summed E-state index contributed by atoms with van der Waals surface area (Å²) in [7, 11) is 0. The molecule has 1 aromatic heterocycles. The number of hydrogen-bond donors (Lipinski definition) is 1. The number of carbonyl (C=O) groups is 1. The molecule has 7 nitrogen and oxygen atoms in total. The third-order valence-electron chi connectivity index (χ3n) is 3.39. The van der Waals surface area contributed by atoms with Gasteiger partial charge in [0.2, 0.25) is 0 Å². The molecular weight excluding hydrogens is 234 g/mol. The third-order valence-corrected chi connectivity index (χ3v) is 3.39. The normalized spacial score (nSPS) is 21.4. The van der Waals surface area contributed by atoms with Gasteiger partial charge in [-0.2, -0.15) is 0 Å². The average Bonchev–Trinajstić information content (AvgIpc) is 3.10. The van der Waals surface area contributed by atoms with E-state index in [1.54, 1.807) is 6.20 Å². The summed E-state index contributed by atoms with van der Waals surface area (Å²) in [6, 6.07) is 0.347. The average molecular weight is 251 g/mol. The lowest BCUT2D eigenvalue weighted by Crippen LogP contribution is -2.29. The zero-order valence-electron chi connectivity index (χ0n) is 10.2. The fourth-order valence-corrected chi connectivity index (χ4v) is 2.36. The Hall–Kier alpha value is -1.47. The molecule has 18 heavy (non-hydrogen) atoms. The zero-order chi connectivity index (χ0) is 12.4. The Balaban J connectivity index is 1.70. The van der Waals surface area contributed by atoms with Gasteiger partial charge < -0.3 is 5.32 Å². The summed E-state index contributed by atoms with van der Waals surface area (Å²) in [4.78, 5) is 17.2. The first kappa shape index (κ1) is 11.6. The topological polar surface area (TPSA) is 72.3 Å². The van der Waals surface area contributed by atoms with E-state index in [9.17, 15) is 4.79 Å². The molecule has 1 amide bonds. The smallest absolute Gasteiger partial charge is 0.299 e. The van der Waals surface area contributed by atoms with Crippen molar-refractivity contribution in [2.24, 2.45) is 0 Å². The Morgan fingerprint density at radius 1 is 1.44 bits per heavy atom. The maximum Gasteiger partial charge on any atom is 0.299 e. The Morgan fingerprint density at radius 3 is 3.00 bits per heavy atom. The van der Waals surface area contributed by atoms with Crippen LogP contribution in [0, 0.1) is 0 Å². The highest BCUT2D eigenvalue weighted by molar-refractivity contribution is 5.91. The van der Waals surface area contributed by atoms with Crippen LogP contribution in [0.3, 0.4) is 0 Å². The first-order valence-corrected chi connectivity index (χ1v) is 6.42. The van der Waals surface area contributed by atoms with Crippen molar-refractivity contribution >= 4 is 5.91 Å². The number of aromatic nitrogens is 3. The molecule has 1 aromatic rings. The summed E-state index contributed by atoms with van der Waals surface area (Å²) in [6.45, 7) is 3.22. The number of nitrogens with one attached hydrogen (secondary N) is 1. The summed E-state index contributed by atoms with van der Waals surface area (Å²) in [5.41, 5.74) is 0.371. The summed E-state index contributed by atoms with van der Waals surface area (Å²) >= 11 is 0. The monoisotopic (exact) mass is 251 g/mol. The van der Waals surface area contributed by atoms with Gasteiger partial charge in [-0.3, -0.25) is 9.63 Å². The zero-order valence-corrected chi connectivity index (χ0v) is 10.2. The molecule has 3 heterocycles. The minimum absolute atomic E-state index is 0.187. The number of hydrogen-bond acceptors (Lipinski definition) is 5. The summed E-state index contributed by atoms with van der Waals surface area (Å²) in [5.74, 6) is -0.187. The number of nitrogens with zero attached hydrogens (tertiary/aromatic N) is 4. The standard InChI is InChI=1S/C11H17N5O2/c17-11(16-6-1-7-18-16)10-8-15(14-13-10)9-2-4-12-5-3-9/h8-9,12H,1-7H2. The van der Waals surface area contributed by atoms with Gasteiger partial charge in [0.05, 0.1) is 25.4 Å². The van der Waals surface area contributed by atoms with Crippen LogP contribution in [0.15, 0.2) is 6.20 Å². The number of piperidine rings is 1. The molecule has 0 aromatic carbocycles. The molecule has 2 aliphatic rings. The highest BCUT2D eigenvalue weighted by Crippen LogP contribution is 2.18. The van der Waals surface area contributed by atoms with E-state index in [1.807, 2.05) is 4.68 Å². The summed E-state index contributed by atoms with van der Waals surface area (Å²) < 4.78 is 1.81. The van der Waals surface area contributed by atoms with Gasteiger partial charge in [-0.25, -0.2) is 9.75 Å². The molecule has 7 heteroatoms. The van der Waals surface area contributed by atoms with E-state index < -0.39 is 0 Å². The van der Waals surface area contributed by atoms with Gasteiger partial charge >= 0.3 is 0 Å². The van der Waals surface area contributed by atoms with Crippen LogP contribution in [-0.4, -0.2) is 52.2 Å². The van der Waals surface area contributed by atoms with Crippen molar-refractivity contribution in [2.75, 3.05) is 26.2 Å². The van der Waals surface area contributed by atoms with Gasteiger partial charge in [0, 0.05) is 0 Å². The largest absolute Gasteiger partial charge is 0.317 e. The van der Waals surface area contributed by atoms with Crippen LogP contribution in [0.1, 0.15) is 35.8 Å². The van der Waals surface area contributed by atoms with Crippen molar-refractivity contribution in [3.63, 3.8) is 0 Å². The van der Waals surface area contributed by atoms with Crippen molar-refractivity contribution in [1.29, 1.82) is 0 Å². The van der Waals surface area contributed by atoms with Crippen LogP contribution in [-0.2, 0) is 4.84 Å². The molecule has 2 saturated heterocycles. The molecule has 3 rings (SSSR count). The van der Waals surface area contributed by atoms with Crippen LogP contribution >= 0.6 is 0 Å². The van der Waals surface area contributed by atoms with Gasteiger partial charge in [0.1, 0.15) is 0 Å². The van der Waals surface area contributed by atoms with Gasteiger partial charge in [0.15, 0.2) is 5.69 Å². The molecule has 0 bridgehead atoms. The van der Waals surface area contributed by atoms with Crippen molar-refractivity contribution in [2.45, 2.75) is 25.3 Å². The van der Waals surface area contributed by atoms with Crippen molar-refractivity contribution in [3.8, 4) is 0 Å². The van der Waals surface area contributed by atoms with E-state index in [2.05, 4.69) is 15.6 Å². The number of rotatable bonds is 2. The minimum atomic E-state index is -0.187. The Kier molecular flexibility index (Phi) is 3.24. The van der Waals surface area contributed by atoms with E-state index in [-0.39, 0.29) is 5.91 Å². The molecule has 98 valence electrons. The van der Waals surface area contributed by atoms with E-state index in [0.717, 1.165) is 32.4 Å². The molecule has 0 unspecified atom stereocenters. The highest BCUT2D eigenvalue weighted by Gasteiger charge is 2.25. The molecule has 0 aliphatic carbocycles. The van der Waals surface area contributed by atoms with Crippen molar-refractivity contribution in [3.05, 3.63) is 11.9 Å². The Labute approximate surface area is 105 Å². The molecule has 1 N–H and O–H groups in total. The van der Waals surface area contributed by atoms with Gasteiger partial charge in [-0.05, 0) is 32.4 Å². The lowest BCUT2D eigenvalue weighted by atomic mass is 10.1. The predicted molar refractivity (Wildman–Crippen MR) is 62.8 cm³/mol. The maximum atomic E-state index is 12.0. The number of carbonyl (C=O) groups excluding carboxylic acids is 1.